The van der Waals surface area contributed by atoms with Crippen molar-refractivity contribution in [3.63, 3.8) is 0 Å². The summed E-state index contributed by atoms with van der Waals surface area (Å²) in [7, 11) is 1.42. The molecule has 0 saturated carbocycles. The predicted molar refractivity (Wildman–Crippen MR) is 130 cm³/mol. The number of rotatable bonds is 11. The first-order valence-electron chi connectivity index (χ1n) is 10.8. The maximum Gasteiger partial charge on any atom is 0.253 e. The molecule has 0 saturated heterocycles. The third-order valence-electron chi connectivity index (χ3n) is 5.77. The number of likely N-dealkylation sites (N-methyl/N-ethyl adjacent to an activating group) is 1. The van der Waals surface area contributed by atoms with E-state index < -0.39 is 35.3 Å². The second-order valence-corrected chi connectivity index (χ2v) is 8.87. The van der Waals surface area contributed by atoms with Crippen molar-refractivity contribution < 1.29 is 24.7 Å². The van der Waals surface area contributed by atoms with E-state index in [0.29, 0.717) is 28.5 Å². The van der Waals surface area contributed by atoms with Gasteiger partial charge >= 0.3 is 0 Å². The number of halogens is 2. The SMILES string of the molecule is CNC(=O)C(Cc1ccc(Cl)c(Cl)c1)NC(=O)[C@](O)(CCCc1ccccc1)[C@H](C)C(=O)NO. The smallest absolute Gasteiger partial charge is 0.253 e. The molecule has 0 aliphatic rings. The van der Waals surface area contributed by atoms with Gasteiger partial charge in [-0.05, 0) is 42.5 Å². The number of carbonyl (C=O) groups is 3. The summed E-state index contributed by atoms with van der Waals surface area (Å²) in [6.45, 7) is 1.33. The highest BCUT2D eigenvalue weighted by Crippen LogP contribution is 2.27. The van der Waals surface area contributed by atoms with Gasteiger partial charge < -0.3 is 15.7 Å². The number of aliphatic hydroxyl groups is 1. The second kappa shape index (κ2) is 12.7. The lowest BCUT2D eigenvalue weighted by Gasteiger charge is -2.33. The van der Waals surface area contributed by atoms with Crippen LogP contribution in [0.15, 0.2) is 48.5 Å². The molecule has 10 heteroatoms. The molecule has 0 aromatic heterocycles. The fourth-order valence-corrected chi connectivity index (χ4v) is 3.94. The molecular weight excluding hydrogens is 481 g/mol. The fourth-order valence-electron chi connectivity index (χ4n) is 3.62. The Balaban J connectivity index is 2.23. The van der Waals surface area contributed by atoms with Gasteiger partial charge in [-0.3, -0.25) is 19.6 Å². The summed E-state index contributed by atoms with van der Waals surface area (Å²) in [5.41, 5.74) is 0.955. The zero-order valence-electron chi connectivity index (χ0n) is 19.0. The van der Waals surface area contributed by atoms with E-state index in [0.717, 1.165) is 5.56 Å². The highest BCUT2D eigenvalue weighted by Gasteiger charge is 2.45. The van der Waals surface area contributed by atoms with Crippen LogP contribution in [0.25, 0.3) is 0 Å². The number of benzene rings is 2. The molecule has 0 spiro atoms. The van der Waals surface area contributed by atoms with Crippen LogP contribution in [0.1, 0.15) is 30.9 Å². The molecule has 0 heterocycles. The number of amides is 3. The van der Waals surface area contributed by atoms with Crippen molar-refractivity contribution in [2.24, 2.45) is 5.92 Å². The summed E-state index contributed by atoms with van der Waals surface area (Å²) in [5, 5.41) is 26.1. The van der Waals surface area contributed by atoms with Gasteiger partial charge in [-0.15, -0.1) is 0 Å². The van der Waals surface area contributed by atoms with E-state index in [1.807, 2.05) is 30.3 Å². The minimum Gasteiger partial charge on any atom is -0.379 e. The van der Waals surface area contributed by atoms with Crippen molar-refractivity contribution in [3.05, 3.63) is 69.7 Å². The predicted octanol–water partition coefficient (Wildman–Crippen LogP) is 2.66. The largest absolute Gasteiger partial charge is 0.379 e. The zero-order valence-corrected chi connectivity index (χ0v) is 20.5. The van der Waals surface area contributed by atoms with E-state index in [1.165, 1.54) is 19.5 Å². The van der Waals surface area contributed by atoms with Crippen LogP contribution in [0.2, 0.25) is 10.0 Å². The van der Waals surface area contributed by atoms with E-state index in [4.69, 9.17) is 28.4 Å². The van der Waals surface area contributed by atoms with Gasteiger partial charge in [0.2, 0.25) is 11.8 Å². The van der Waals surface area contributed by atoms with Crippen LogP contribution in [0.4, 0.5) is 0 Å². The molecule has 34 heavy (non-hydrogen) atoms. The molecule has 8 nitrogen and oxygen atoms in total. The Labute approximate surface area is 208 Å². The molecule has 3 atom stereocenters. The Morgan fingerprint density at radius 1 is 1.00 bits per heavy atom. The number of hydrogen-bond donors (Lipinski definition) is 5. The van der Waals surface area contributed by atoms with Crippen molar-refractivity contribution in [2.75, 3.05) is 7.05 Å². The van der Waals surface area contributed by atoms with Crippen LogP contribution in [-0.2, 0) is 27.2 Å². The van der Waals surface area contributed by atoms with Crippen molar-refractivity contribution in [1.82, 2.24) is 16.1 Å². The van der Waals surface area contributed by atoms with Gasteiger partial charge in [0.1, 0.15) is 6.04 Å². The number of carbonyl (C=O) groups excluding carboxylic acids is 3. The van der Waals surface area contributed by atoms with Gasteiger partial charge in [-0.1, -0.05) is 66.5 Å². The Hall–Kier alpha value is -2.65. The first kappa shape index (κ1) is 27.6. The summed E-state index contributed by atoms with van der Waals surface area (Å²) >= 11 is 12.0. The van der Waals surface area contributed by atoms with Crippen molar-refractivity contribution >= 4 is 40.9 Å². The molecule has 2 aromatic rings. The lowest BCUT2D eigenvalue weighted by molar-refractivity contribution is -0.158. The summed E-state index contributed by atoms with van der Waals surface area (Å²) < 4.78 is 0. The van der Waals surface area contributed by atoms with E-state index in [9.17, 15) is 19.5 Å². The van der Waals surface area contributed by atoms with Gasteiger partial charge in [-0.25, -0.2) is 5.48 Å². The molecule has 0 radical (unpaired) electrons. The second-order valence-electron chi connectivity index (χ2n) is 8.05. The van der Waals surface area contributed by atoms with Crippen LogP contribution in [0.5, 0.6) is 0 Å². The quantitative estimate of drug-likeness (QED) is 0.235. The normalized spacial score (nSPS) is 14.4. The Kier molecular flexibility index (Phi) is 10.3. The highest BCUT2D eigenvalue weighted by atomic mass is 35.5. The molecule has 0 aliphatic heterocycles. The topological polar surface area (TPSA) is 128 Å². The molecule has 2 rings (SSSR count). The standard InChI is InChI=1S/C24H29Cl2N3O5/c1-15(21(30)29-34)24(33,12-6-9-16-7-4-3-5-8-16)23(32)28-20(22(31)27-2)14-17-10-11-18(25)19(26)13-17/h3-5,7-8,10-11,13,15,20,33-34H,6,9,12,14H2,1-2H3,(H,27,31)(H,28,32)(H,29,30)/t15-,20?,24+/m1/s1. The van der Waals surface area contributed by atoms with E-state index in [-0.39, 0.29) is 12.8 Å². The molecule has 184 valence electrons. The summed E-state index contributed by atoms with van der Waals surface area (Å²) in [5.74, 6) is -3.60. The van der Waals surface area contributed by atoms with E-state index >= 15 is 0 Å². The first-order chi connectivity index (χ1) is 16.1. The molecule has 0 bridgehead atoms. The van der Waals surface area contributed by atoms with Gasteiger partial charge in [0.15, 0.2) is 5.60 Å². The molecular formula is C24H29Cl2N3O5. The van der Waals surface area contributed by atoms with Gasteiger partial charge in [0, 0.05) is 13.5 Å². The summed E-state index contributed by atoms with van der Waals surface area (Å²) in [4.78, 5) is 37.9. The van der Waals surface area contributed by atoms with Crippen LogP contribution in [0, 0.1) is 5.92 Å². The van der Waals surface area contributed by atoms with Crippen LogP contribution >= 0.6 is 23.2 Å². The minimum atomic E-state index is -2.18. The highest BCUT2D eigenvalue weighted by molar-refractivity contribution is 6.42. The van der Waals surface area contributed by atoms with Crippen molar-refractivity contribution in [1.29, 1.82) is 0 Å². The van der Waals surface area contributed by atoms with Crippen LogP contribution in [-0.4, -0.2) is 46.7 Å². The molecule has 5 N–H and O–H groups in total. The number of hydroxylamine groups is 1. The van der Waals surface area contributed by atoms with Crippen molar-refractivity contribution in [3.8, 4) is 0 Å². The maximum absolute atomic E-state index is 13.3. The molecule has 1 unspecified atom stereocenters. The average Bonchev–Trinajstić information content (AvgIpc) is 2.84. The Bertz CT molecular complexity index is 1010. The Morgan fingerprint density at radius 2 is 1.68 bits per heavy atom. The van der Waals surface area contributed by atoms with Crippen molar-refractivity contribution in [2.45, 2.75) is 44.2 Å². The molecule has 3 amide bonds. The lowest BCUT2D eigenvalue weighted by Crippen LogP contribution is -2.59. The molecule has 2 aromatic carbocycles. The van der Waals surface area contributed by atoms with E-state index in [2.05, 4.69) is 10.6 Å². The average molecular weight is 510 g/mol. The maximum atomic E-state index is 13.3. The Morgan fingerprint density at radius 3 is 2.26 bits per heavy atom. The minimum absolute atomic E-state index is 0.0724. The van der Waals surface area contributed by atoms with E-state index in [1.54, 1.807) is 18.2 Å². The first-order valence-corrected chi connectivity index (χ1v) is 11.5. The summed E-state index contributed by atoms with van der Waals surface area (Å²) in [6, 6.07) is 13.3. The number of nitrogens with one attached hydrogen (secondary N) is 3. The third kappa shape index (κ3) is 7.17. The van der Waals surface area contributed by atoms with Gasteiger partial charge in [-0.2, -0.15) is 0 Å². The lowest BCUT2D eigenvalue weighted by atomic mass is 9.82. The number of aryl methyl sites for hydroxylation is 1. The molecule has 0 fully saturated rings. The van der Waals surface area contributed by atoms with Crippen LogP contribution in [0.3, 0.4) is 0 Å². The molecule has 0 aliphatic carbocycles. The third-order valence-corrected chi connectivity index (χ3v) is 6.51. The van der Waals surface area contributed by atoms with Crippen LogP contribution < -0.4 is 16.1 Å². The fraction of sp³-hybridized carbons (Fsp3) is 0.375. The van der Waals surface area contributed by atoms with Gasteiger partial charge in [0.25, 0.3) is 5.91 Å². The monoisotopic (exact) mass is 509 g/mol. The summed E-state index contributed by atoms with van der Waals surface area (Å²) in [6.07, 6.45) is 0.943. The van der Waals surface area contributed by atoms with Gasteiger partial charge in [0.05, 0.1) is 16.0 Å². The zero-order chi connectivity index (χ0) is 25.3. The number of hydrogen-bond acceptors (Lipinski definition) is 5.